The summed E-state index contributed by atoms with van der Waals surface area (Å²) in [6, 6.07) is 11.2. The van der Waals surface area contributed by atoms with Crippen LogP contribution in [0, 0.1) is 0 Å². The highest BCUT2D eigenvalue weighted by Crippen LogP contribution is 2.14. The number of carbonyl (C=O) groups excluding carboxylic acids is 2. The lowest BCUT2D eigenvalue weighted by Crippen LogP contribution is -2.42. The van der Waals surface area contributed by atoms with Crippen LogP contribution in [0.25, 0.3) is 0 Å². The highest BCUT2D eigenvalue weighted by molar-refractivity contribution is 5.97. The third-order valence-corrected chi connectivity index (χ3v) is 4.54. The second-order valence-electron chi connectivity index (χ2n) is 7.49. The smallest absolute Gasteiger partial charge is 0.274 e. The molecule has 1 aromatic heterocycles. The quantitative estimate of drug-likeness (QED) is 0.798. The number of benzene rings is 1. The zero-order valence-electron chi connectivity index (χ0n) is 17.2. The highest BCUT2D eigenvalue weighted by Gasteiger charge is 2.23. The number of aryl methyl sites for hydroxylation is 2. The van der Waals surface area contributed by atoms with Gasteiger partial charge in [-0.25, -0.2) is 0 Å². The van der Waals surface area contributed by atoms with Crippen LogP contribution < -0.4 is 10.9 Å². The van der Waals surface area contributed by atoms with Gasteiger partial charge in [0.25, 0.3) is 11.5 Å². The van der Waals surface area contributed by atoms with Gasteiger partial charge in [0.1, 0.15) is 5.69 Å². The summed E-state index contributed by atoms with van der Waals surface area (Å²) in [5.74, 6) is -0.421. The van der Waals surface area contributed by atoms with Crippen molar-refractivity contribution in [3.63, 3.8) is 0 Å². The van der Waals surface area contributed by atoms with Gasteiger partial charge in [0.05, 0.1) is 5.56 Å². The summed E-state index contributed by atoms with van der Waals surface area (Å²) in [6.45, 7) is 7.80. The summed E-state index contributed by atoms with van der Waals surface area (Å²) < 4.78 is 1.33. The Labute approximate surface area is 166 Å². The first-order valence-electron chi connectivity index (χ1n) is 9.57. The molecule has 150 valence electrons. The summed E-state index contributed by atoms with van der Waals surface area (Å²) >= 11 is 0. The Kier molecular flexibility index (Phi) is 7.15. The molecule has 1 aromatic carbocycles. The molecule has 0 saturated carbocycles. The highest BCUT2D eigenvalue weighted by atomic mass is 16.2. The van der Waals surface area contributed by atoms with Crippen molar-refractivity contribution < 1.29 is 9.59 Å². The second-order valence-corrected chi connectivity index (χ2v) is 7.49. The second kappa shape index (κ2) is 9.35. The number of anilines is 1. The topological polar surface area (TPSA) is 71.4 Å². The molecule has 0 aliphatic heterocycles. The van der Waals surface area contributed by atoms with Crippen molar-refractivity contribution >= 4 is 17.5 Å². The van der Waals surface area contributed by atoms with Gasteiger partial charge in [-0.1, -0.05) is 30.3 Å². The summed E-state index contributed by atoms with van der Waals surface area (Å²) in [6.07, 6.45) is 2.36. The van der Waals surface area contributed by atoms with Gasteiger partial charge < -0.3 is 14.8 Å². The van der Waals surface area contributed by atoms with Gasteiger partial charge in [-0.15, -0.1) is 0 Å². The van der Waals surface area contributed by atoms with Crippen LogP contribution in [0.4, 0.5) is 5.69 Å². The molecule has 6 nitrogen and oxygen atoms in total. The molecular weight excluding hydrogens is 354 g/mol. The molecule has 0 spiro atoms. The van der Waals surface area contributed by atoms with E-state index in [1.165, 1.54) is 16.8 Å². The van der Waals surface area contributed by atoms with Gasteiger partial charge in [0.2, 0.25) is 5.91 Å². The first-order chi connectivity index (χ1) is 13.2. The van der Waals surface area contributed by atoms with E-state index in [0.717, 1.165) is 5.56 Å². The average Bonchev–Trinajstić information content (AvgIpc) is 2.63. The van der Waals surface area contributed by atoms with Crippen molar-refractivity contribution in [2.45, 2.75) is 52.6 Å². The van der Waals surface area contributed by atoms with E-state index in [1.807, 2.05) is 58.0 Å². The third-order valence-electron chi connectivity index (χ3n) is 4.54. The largest absolute Gasteiger partial charge is 0.334 e. The van der Waals surface area contributed by atoms with Gasteiger partial charge in [-0.05, 0) is 45.7 Å². The number of amides is 2. The number of hydrogen-bond acceptors (Lipinski definition) is 3. The van der Waals surface area contributed by atoms with Crippen molar-refractivity contribution in [3.05, 3.63) is 64.1 Å². The lowest BCUT2D eigenvalue weighted by molar-refractivity contribution is -0.116. The van der Waals surface area contributed by atoms with Crippen molar-refractivity contribution in [2.75, 3.05) is 5.32 Å². The van der Waals surface area contributed by atoms with E-state index in [2.05, 4.69) is 5.32 Å². The van der Waals surface area contributed by atoms with Gasteiger partial charge in [-0.3, -0.25) is 14.4 Å². The maximum absolute atomic E-state index is 12.9. The van der Waals surface area contributed by atoms with Crippen LogP contribution in [0.1, 0.15) is 50.0 Å². The Hall–Kier alpha value is -2.89. The maximum atomic E-state index is 12.9. The molecule has 2 amide bonds. The molecule has 2 rings (SSSR count). The van der Waals surface area contributed by atoms with E-state index in [-0.39, 0.29) is 41.6 Å². The fraction of sp³-hybridized carbons (Fsp3) is 0.409. The zero-order chi connectivity index (χ0) is 20.8. The Balaban J connectivity index is 2.19. The number of rotatable bonds is 7. The van der Waals surface area contributed by atoms with Gasteiger partial charge in [0.15, 0.2) is 0 Å². The Morgan fingerprint density at radius 1 is 1.07 bits per heavy atom. The molecule has 0 unspecified atom stereocenters. The molecule has 6 heteroatoms. The van der Waals surface area contributed by atoms with E-state index < -0.39 is 0 Å². The lowest BCUT2D eigenvalue weighted by atomic mass is 10.1. The fourth-order valence-corrected chi connectivity index (χ4v) is 3.25. The van der Waals surface area contributed by atoms with E-state index in [4.69, 9.17) is 0 Å². The van der Waals surface area contributed by atoms with E-state index in [0.29, 0.717) is 12.0 Å². The van der Waals surface area contributed by atoms with Crippen molar-refractivity contribution in [2.24, 2.45) is 7.05 Å². The minimum absolute atomic E-state index is 0.0219. The summed E-state index contributed by atoms with van der Waals surface area (Å²) in [5.41, 5.74) is 1.21. The molecule has 2 aromatic rings. The van der Waals surface area contributed by atoms with E-state index in [1.54, 1.807) is 11.9 Å². The molecule has 0 atom stereocenters. The standard InChI is InChI=1S/C22H29N3O3/c1-15(2)25(16(3)4)21(27)18-13-19(22(28)24(5)14-18)23-20(26)12-11-17-9-7-6-8-10-17/h6-10,13-16H,11-12H2,1-5H3,(H,23,26). The first kappa shape index (κ1) is 21.4. The molecular formula is C22H29N3O3. The molecule has 1 heterocycles. The minimum atomic E-state index is -0.342. The normalized spacial score (nSPS) is 11.0. The monoisotopic (exact) mass is 383 g/mol. The first-order valence-corrected chi connectivity index (χ1v) is 9.57. The number of nitrogens with one attached hydrogen (secondary N) is 1. The number of nitrogens with zero attached hydrogens (tertiary/aromatic N) is 2. The van der Waals surface area contributed by atoms with Crippen LogP contribution in [-0.4, -0.2) is 33.4 Å². The van der Waals surface area contributed by atoms with Crippen molar-refractivity contribution in [1.29, 1.82) is 0 Å². The fourth-order valence-electron chi connectivity index (χ4n) is 3.25. The van der Waals surface area contributed by atoms with Crippen LogP contribution in [0.3, 0.4) is 0 Å². The minimum Gasteiger partial charge on any atom is -0.334 e. The molecule has 28 heavy (non-hydrogen) atoms. The zero-order valence-corrected chi connectivity index (χ0v) is 17.2. The molecule has 0 bridgehead atoms. The molecule has 1 N–H and O–H groups in total. The maximum Gasteiger partial charge on any atom is 0.274 e. The molecule has 0 aliphatic carbocycles. The predicted molar refractivity (Wildman–Crippen MR) is 112 cm³/mol. The van der Waals surface area contributed by atoms with Gasteiger partial charge >= 0.3 is 0 Å². The SMILES string of the molecule is CC(C)N(C(=O)c1cc(NC(=O)CCc2ccccc2)c(=O)n(C)c1)C(C)C. The third kappa shape index (κ3) is 5.31. The summed E-state index contributed by atoms with van der Waals surface area (Å²) in [5, 5.41) is 2.67. The number of hydrogen-bond donors (Lipinski definition) is 1. The summed E-state index contributed by atoms with van der Waals surface area (Å²) in [7, 11) is 1.58. The molecule has 0 aliphatic rings. The van der Waals surface area contributed by atoms with Crippen LogP contribution in [0.2, 0.25) is 0 Å². The Bertz CT molecular complexity index is 878. The van der Waals surface area contributed by atoms with Crippen LogP contribution >= 0.6 is 0 Å². The Morgan fingerprint density at radius 3 is 2.25 bits per heavy atom. The van der Waals surface area contributed by atoms with Gasteiger partial charge in [0, 0.05) is 31.7 Å². The van der Waals surface area contributed by atoms with Crippen molar-refractivity contribution in [3.8, 4) is 0 Å². The average molecular weight is 383 g/mol. The summed E-state index contributed by atoms with van der Waals surface area (Å²) in [4.78, 5) is 39.4. The molecule has 0 radical (unpaired) electrons. The Morgan fingerprint density at radius 2 is 1.68 bits per heavy atom. The number of aromatic nitrogens is 1. The van der Waals surface area contributed by atoms with Crippen LogP contribution in [0.5, 0.6) is 0 Å². The van der Waals surface area contributed by atoms with Gasteiger partial charge in [-0.2, -0.15) is 0 Å². The van der Waals surface area contributed by atoms with Crippen molar-refractivity contribution in [1.82, 2.24) is 9.47 Å². The lowest BCUT2D eigenvalue weighted by Gasteiger charge is -2.31. The van der Waals surface area contributed by atoms with Crippen LogP contribution in [0.15, 0.2) is 47.4 Å². The number of carbonyl (C=O) groups is 2. The molecule has 0 fully saturated rings. The number of pyridine rings is 1. The van der Waals surface area contributed by atoms with E-state index >= 15 is 0 Å². The predicted octanol–water partition coefficient (Wildman–Crippen LogP) is 3.22. The van der Waals surface area contributed by atoms with E-state index in [9.17, 15) is 14.4 Å². The molecule has 0 saturated heterocycles. The van der Waals surface area contributed by atoms with Crippen LogP contribution in [-0.2, 0) is 18.3 Å².